The molecule has 1 aliphatic heterocycles. The fourth-order valence-corrected chi connectivity index (χ4v) is 0.303. The average Bonchev–Trinajstić information content (AvgIpc) is 1.69. The van der Waals surface area contributed by atoms with E-state index in [1.54, 1.807) is 0 Å². The van der Waals surface area contributed by atoms with Crippen molar-refractivity contribution in [2.75, 3.05) is 6.61 Å². The summed E-state index contributed by atoms with van der Waals surface area (Å²) in [6, 6.07) is 0. The van der Waals surface area contributed by atoms with E-state index in [2.05, 4.69) is 21.4 Å². The lowest BCUT2D eigenvalue weighted by molar-refractivity contribution is -0.512. The van der Waals surface area contributed by atoms with Crippen molar-refractivity contribution in [3.63, 3.8) is 0 Å². The zero-order valence-electron chi connectivity index (χ0n) is 3.85. The highest BCUT2D eigenvalue weighted by atomic mass is 17.5. The lowest BCUT2D eigenvalue weighted by atomic mass is 10.4. The molecule has 40 valence electrons. The molecular weight excluding hydrogens is 96.0 g/mol. The molecular formula is C4H6O3. The Balaban J connectivity index is 2.25. The van der Waals surface area contributed by atoms with Crippen molar-refractivity contribution in [3.05, 3.63) is 12.3 Å². The van der Waals surface area contributed by atoms with Gasteiger partial charge in [0.15, 0.2) is 0 Å². The zero-order valence-corrected chi connectivity index (χ0v) is 3.85. The van der Waals surface area contributed by atoms with E-state index in [1.165, 1.54) is 0 Å². The average molecular weight is 102 g/mol. The van der Waals surface area contributed by atoms with Crippen LogP contribution in [-0.4, -0.2) is 6.61 Å². The van der Waals surface area contributed by atoms with E-state index < -0.39 is 0 Å². The van der Waals surface area contributed by atoms with E-state index in [0.717, 1.165) is 6.42 Å². The minimum Gasteiger partial charge on any atom is -0.313 e. The van der Waals surface area contributed by atoms with Crippen LogP contribution in [0.3, 0.4) is 0 Å². The van der Waals surface area contributed by atoms with Gasteiger partial charge in [-0.25, -0.2) is 0 Å². The Kier molecular flexibility index (Phi) is 1.29. The molecule has 0 aliphatic carbocycles. The highest BCUT2D eigenvalue weighted by Crippen LogP contribution is 2.06. The molecule has 0 aromatic heterocycles. The lowest BCUT2D eigenvalue weighted by Crippen LogP contribution is -2.06. The van der Waals surface area contributed by atoms with Crippen molar-refractivity contribution in [1.29, 1.82) is 0 Å². The van der Waals surface area contributed by atoms with E-state index in [1.807, 2.05) is 0 Å². The Labute approximate surface area is 41.3 Å². The summed E-state index contributed by atoms with van der Waals surface area (Å²) in [5, 5.41) is 4.08. The van der Waals surface area contributed by atoms with Gasteiger partial charge in [-0.3, -0.25) is 0 Å². The highest BCUT2D eigenvalue weighted by molar-refractivity contribution is 4.80. The number of hydrogen-bond acceptors (Lipinski definition) is 3. The molecule has 7 heavy (non-hydrogen) atoms. The van der Waals surface area contributed by atoms with Gasteiger partial charge in [-0.1, -0.05) is 6.58 Å². The summed E-state index contributed by atoms with van der Waals surface area (Å²) < 4.78 is 0. The SMILES string of the molecule is C=C1CCOOO1. The molecule has 0 amide bonds. The fraction of sp³-hybridized carbons (Fsp3) is 0.500. The molecule has 3 nitrogen and oxygen atoms in total. The molecule has 1 heterocycles. The van der Waals surface area contributed by atoms with Crippen LogP contribution in [0.2, 0.25) is 0 Å². The van der Waals surface area contributed by atoms with Crippen LogP contribution in [0.1, 0.15) is 6.42 Å². The minimum absolute atomic E-state index is 0.541. The Bertz CT molecular complexity index is 71.0. The first-order valence-corrected chi connectivity index (χ1v) is 2.03. The second-order valence-electron chi connectivity index (χ2n) is 1.26. The normalized spacial score (nSPS) is 21.4. The van der Waals surface area contributed by atoms with Gasteiger partial charge in [0.1, 0.15) is 5.76 Å². The summed E-state index contributed by atoms with van der Waals surface area (Å²) in [6.45, 7) is 4.03. The first-order chi connectivity index (χ1) is 3.39. The van der Waals surface area contributed by atoms with Crippen LogP contribution in [0.25, 0.3) is 0 Å². The van der Waals surface area contributed by atoms with E-state index in [4.69, 9.17) is 0 Å². The molecule has 0 spiro atoms. The Morgan fingerprint density at radius 3 is 2.71 bits per heavy atom. The molecule has 3 heteroatoms. The second kappa shape index (κ2) is 1.95. The largest absolute Gasteiger partial charge is 0.313 e. The molecule has 0 aromatic rings. The molecule has 0 saturated carbocycles. The standard InChI is InChI=1S/C4H6O3/c1-4-2-3-5-7-6-4/h1-3H2. The van der Waals surface area contributed by atoms with Crippen LogP contribution in [0.5, 0.6) is 0 Å². The van der Waals surface area contributed by atoms with Crippen LogP contribution in [0.15, 0.2) is 12.3 Å². The van der Waals surface area contributed by atoms with Gasteiger partial charge in [-0.15, -0.1) is 0 Å². The van der Waals surface area contributed by atoms with E-state index in [9.17, 15) is 0 Å². The van der Waals surface area contributed by atoms with Crippen LogP contribution < -0.4 is 0 Å². The van der Waals surface area contributed by atoms with Crippen LogP contribution in [-0.2, 0) is 14.8 Å². The van der Waals surface area contributed by atoms with Crippen LogP contribution in [0.4, 0.5) is 0 Å². The minimum atomic E-state index is 0.541. The zero-order chi connectivity index (χ0) is 5.11. The van der Waals surface area contributed by atoms with Crippen molar-refractivity contribution in [2.24, 2.45) is 0 Å². The predicted octanol–water partition coefficient (Wildman–Crippen LogP) is 0.784. The number of rotatable bonds is 0. The highest BCUT2D eigenvalue weighted by Gasteiger charge is 2.03. The van der Waals surface area contributed by atoms with E-state index in [0.29, 0.717) is 12.4 Å². The molecule has 0 radical (unpaired) electrons. The Morgan fingerprint density at radius 1 is 1.57 bits per heavy atom. The van der Waals surface area contributed by atoms with Gasteiger partial charge in [0.2, 0.25) is 0 Å². The first kappa shape index (κ1) is 4.61. The molecule has 0 atom stereocenters. The van der Waals surface area contributed by atoms with Crippen molar-refractivity contribution in [1.82, 2.24) is 0 Å². The molecule has 1 saturated heterocycles. The monoisotopic (exact) mass is 102 g/mol. The number of hydrogen-bond donors (Lipinski definition) is 0. The van der Waals surface area contributed by atoms with Gasteiger partial charge in [0.25, 0.3) is 0 Å². The Morgan fingerprint density at radius 2 is 2.43 bits per heavy atom. The molecule has 1 rings (SSSR count). The van der Waals surface area contributed by atoms with Gasteiger partial charge >= 0.3 is 0 Å². The van der Waals surface area contributed by atoms with E-state index >= 15 is 0 Å². The maximum absolute atomic E-state index is 4.36. The summed E-state index contributed by atoms with van der Waals surface area (Å²) in [5.74, 6) is 0.617. The van der Waals surface area contributed by atoms with Gasteiger partial charge in [0, 0.05) is 6.42 Å². The first-order valence-electron chi connectivity index (χ1n) is 2.03. The molecule has 0 unspecified atom stereocenters. The van der Waals surface area contributed by atoms with Crippen molar-refractivity contribution >= 4 is 0 Å². The van der Waals surface area contributed by atoms with Crippen molar-refractivity contribution in [2.45, 2.75) is 6.42 Å². The summed E-state index contributed by atoms with van der Waals surface area (Å²) in [6.07, 6.45) is 0.722. The van der Waals surface area contributed by atoms with E-state index in [-0.39, 0.29) is 0 Å². The molecule has 0 N–H and O–H groups in total. The smallest absolute Gasteiger partial charge is 0.141 e. The fourth-order valence-electron chi connectivity index (χ4n) is 0.303. The van der Waals surface area contributed by atoms with Crippen LogP contribution in [0, 0.1) is 0 Å². The summed E-state index contributed by atoms with van der Waals surface area (Å²) in [7, 11) is 0. The van der Waals surface area contributed by atoms with Crippen LogP contribution >= 0.6 is 0 Å². The summed E-state index contributed by atoms with van der Waals surface area (Å²) >= 11 is 0. The molecule has 0 aromatic carbocycles. The summed E-state index contributed by atoms with van der Waals surface area (Å²) in [5.41, 5.74) is 0. The topological polar surface area (TPSA) is 27.7 Å². The quantitative estimate of drug-likeness (QED) is 0.423. The van der Waals surface area contributed by atoms with Gasteiger partial charge in [-0.05, 0) is 5.04 Å². The third kappa shape index (κ3) is 1.17. The van der Waals surface area contributed by atoms with Crippen molar-refractivity contribution in [3.8, 4) is 0 Å². The molecule has 1 fully saturated rings. The second-order valence-corrected chi connectivity index (χ2v) is 1.26. The van der Waals surface area contributed by atoms with Crippen molar-refractivity contribution < 1.29 is 14.8 Å². The molecule has 0 bridgehead atoms. The van der Waals surface area contributed by atoms with Gasteiger partial charge in [-0.2, -0.15) is 4.89 Å². The Hall–Kier alpha value is -0.540. The lowest BCUT2D eigenvalue weighted by Gasteiger charge is -2.09. The third-order valence-electron chi connectivity index (χ3n) is 0.664. The summed E-state index contributed by atoms with van der Waals surface area (Å²) in [4.78, 5) is 8.72. The third-order valence-corrected chi connectivity index (χ3v) is 0.664. The van der Waals surface area contributed by atoms with Gasteiger partial charge in [0.05, 0.1) is 6.61 Å². The molecule has 1 aliphatic rings. The maximum atomic E-state index is 4.36. The predicted molar refractivity (Wildman–Crippen MR) is 21.9 cm³/mol. The maximum Gasteiger partial charge on any atom is 0.141 e. The van der Waals surface area contributed by atoms with Gasteiger partial charge < -0.3 is 4.89 Å².